The number of amides is 1. The maximum atomic E-state index is 13.4. The van der Waals surface area contributed by atoms with Crippen LogP contribution in [-0.4, -0.2) is 40.6 Å². The zero-order chi connectivity index (χ0) is 12.3. The fraction of sp³-hybridized carbons (Fsp3) is 0.500. The van der Waals surface area contributed by atoms with Gasteiger partial charge >= 0.3 is 0 Å². The summed E-state index contributed by atoms with van der Waals surface area (Å²) in [6.07, 6.45) is 4.22. The highest BCUT2D eigenvalue weighted by Gasteiger charge is 2.25. The molecule has 1 saturated heterocycles. The first-order chi connectivity index (χ1) is 8.22. The second kappa shape index (κ2) is 5.23. The van der Waals surface area contributed by atoms with Crippen molar-refractivity contribution < 1.29 is 14.3 Å². The molecule has 4 nitrogen and oxygen atoms in total. The first-order valence-corrected chi connectivity index (χ1v) is 5.72. The van der Waals surface area contributed by atoms with Crippen LogP contribution in [0.5, 0.6) is 0 Å². The number of nitrogens with zero attached hydrogens (tertiary/aromatic N) is 2. The van der Waals surface area contributed by atoms with Crippen LogP contribution in [0.3, 0.4) is 0 Å². The van der Waals surface area contributed by atoms with Gasteiger partial charge in [-0.05, 0) is 24.8 Å². The number of carbonyl (C=O) groups is 1. The first-order valence-electron chi connectivity index (χ1n) is 5.72. The molecular weight excluding hydrogens is 223 g/mol. The van der Waals surface area contributed by atoms with Gasteiger partial charge in [0.15, 0.2) is 5.82 Å². The predicted molar refractivity (Wildman–Crippen MR) is 59.9 cm³/mol. The molecule has 17 heavy (non-hydrogen) atoms. The minimum Gasteiger partial charge on any atom is -0.396 e. The fourth-order valence-electron chi connectivity index (χ4n) is 2.12. The Labute approximate surface area is 99.1 Å². The van der Waals surface area contributed by atoms with Crippen molar-refractivity contribution >= 4 is 5.91 Å². The minimum absolute atomic E-state index is 0.0542. The van der Waals surface area contributed by atoms with E-state index >= 15 is 0 Å². The second-order valence-corrected chi connectivity index (χ2v) is 4.30. The summed E-state index contributed by atoms with van der Waals surface area (Å²) in [7, 11) is 0. The van der Waals surface area contributed by atoms with Gasteiger partial charge in [-0.3, -0.25) is 9.78 Å². The Morgan fingerprint density at radius 2 is 2.47 bits per heavy atom. The van der Waals surface area contributed by atoms with Crippen LogP contribution in [0.25, 0.3) is 0 Å². The number of hydrogen-bond donors (Lipinski definition) is 1. The third-order valence-corrected chi connectivity index (χ3v) is 3.07. The highest BCUT2D eigenvalue weighted by molar-refractivity contribution is 5.94. The normalized spacial score (nSPS) is 20.4. The number of pyridine rings is 1. The number of carbonyl (C=O) groups excluding carboxylic acids is 1. The van der Waals surface area contributed by atoms with Gasteiger partial charge in [-0.25, -0.2) is 4.39 Å². The Kier molecular flexibility index (Phi) is 3.68. The molecule has 0 saturated carbocycles. The van der Waals surface area contributed by atoms with Crippen LogP contribution in [-0.2, 0) is 0 Å². The summed E-state index contributed by atoms with van der Waals surface area (Å²) >= 11 is 0. The van der Waals surface area contributed by atoms with Gasteiger partial charge in [-0.2, -0.15) is 0 Å². The summed E-state index contributed by atoms with van der Waals surface area (Å²) in [5.74, 6) is -0.802. The van der Waals surface area contributed by atoms with Crippen molar-refractivity contribution in [2.24, 2.45) is 5.92 Å². The SMILES string of the molecule is O=C(c1ccncc1F)N1CCC[C@@H](CO)C1. The molecule has 2 rings (SSSR count). The van der Waals surface area contributed by atoms with E-state index < -0.39 is 5.82 Å². The molecule has 0 bridgehead atoms. The summed E-state index contributed by atoms with van der Waals surface area (Å²) in [5.41, 5.74) is 0.0542. The van der Waals surface area contributed by atoms with Crippen molar-refractivity contribution in [3.05, 3.63) is 29.8 Å². The number of aromatic nitrogens is 1. The van der Waals surface area contributed by atoms with E-state index in [9.17, 15) is 9.18 Å². The van der Waals surface area contributed by atoms with Crippen molar-refractivity contribution in [1.29, 1.82) is 0 Å². The topological polar surface area (TPSA) is 53.4 Å². The Hall–Kier alpha value is -1.49. The van der Waals surface area contributed by atoms with Crippen molar-refractivity contribution in [3.8, 4) is 0 Å². The highest BCUT2D eigenvalue weighted by atomic mass is 19.1. The van der Waals surface area contributed by atoms with Gasteiger partial charge in [0.25, 0.3) is 5.91 Å². The Bertz CT molecular complexity index is 411. The summed E-state index contributed by atoms with van der Waals surface area (Å²) in [6, 6.07) is 1.39. The van der Waals surface area contributed by atoms with Crippen LogP contribution in [0.2, 0.25) is 0 Å². The summed E-state index contributed by atoms with van der Waals surface area (Å²) < 4.78 is 13.4. The minimum atomic E-state index is -0.594. The number of likely N-dealkylation sites (tertiary alicyclic amines) is 1. The predicted octanol–water partition coefficient (Wildman–Crippen LogP) is 1.07. The van der Waals surface area contributed by atoms with Gasteiger partial charge < -0.3 is 10.0 Å². The number of hydrogen-bond acceptors (Lipinski definition) is 3. The Morgan fingerprint density at radius 3 is 3.18 bits per heavy atom. The average Bonchev–Trinajstić information content (AvgIpc) is 2.38. The molecule has 1 aromatic heterocycles. The van der Waals surface area contributed by atoms with Gasteiger partial charge in [-0.1, -0.05) is 0 Å². The van der Waals surface area contributed by atoms with Gasteiger partial charge in [0.05, 0.1) is 11.8 Å². The van der Waals surface area contributed by atoms with Crippen molar-refractivity contribution in [1.82, 2.24) is 9.88 Å². The summed E-state index contributed by atoms with van der Waals surface area (Å²) in [4.78, 5) is 17.3. The van der Waals surface area contributed by atoms with Gasteiger partial charge in [0, 0.05) is 25.9 Å². The zero-order valence-corrected chi connectivity index (χ0v) is 9.47. The Morgan fingerprint density at radius 1 is 1.65 bits per heavy atom. The number of rotatable bonds is 2. The summed E-state index contributed by atoms with van der Waals surface area (Å²) in [6.45, 7) is 1.19. The third kappa shape index (κ3) is 2.61. The van der Waals surface area contributed by atoms with Gasteiger partial charge in [0.2, 0.25) is 0 Å². The smallest absolute Gasteiger partial charge is 0.256 e. The molecule has 0 unspecified atom stereocenters. The van der Waals surface area contributed by atoms with Crippen LogP contribution in [0, 0.1) is 11.7 Å². The number of piperidine rings is 1. The third-order valence-electron chi connectivity index (χ3n) is 3.07. The van der Waals surface area contributed by atoms with E-state index in [-0.39, 0.29) is 24.0 Å². The van der Waals surface area contributed by atoms with E-state index in [2.05, 4.69) is 4.98 Å². The molecule has 0 aromatic carbocycles. The molecular formula is C12H15FN2O2. The van der Waals surface area contributed by atoms with Crippen molar-refractivity contribution in [3.63, 3.8) is 0 Å². The molecule has 5 heteroatoms. The van der Waals surface area contributed by atoms with Crippen molar-refractivity contribution in [2.75, 3.05) is 19.7 Å². The van der Waals surface area contributed by atoms with Crippen LogP contribution in [0.1, 0.15) is 23.2 Å². The molecule has 92 valence electrons. The molecule has 1 aliphatic rings. The lowest BCUT2D eigenvalue weighted by molar-refractivity contribution is 0.0616. The monoisotopic (exact) mass is 238 g/mol. The van der Waals surface area contributed by atoms with E-state index in [1.807, 2.05) is 0 Å². The fourth-order valence-corrected chi connectivity index (χ4v) is 2.12. The lowest BCUT2D eigenvalue weighted by Gasteiger charge is -2.31. The van der Waals surface area contributed by atoms with Gasteiger partial charge in [-0.15, -0.1) is 0 Å². The first kappa shape index (κ1) is 12.0. The standard InChI is InChI=1S/C12H15FN2O2/c13-11-6-14-4-3-10(11)12(17)15-5-1-2-9(7-15)8-16/h3-4,6,9,16H,1-2,5,7-8H2/t9-/m1/s1. The van der Waals surface area contributed by atoms with E-state index in [0.29, 0.717) is 13.1 Å². The molecule has 0 spiro atoms. The van der Waals surface area contributed by atoms with E-state index in [1.165, 1.54) is 12.3 Å². The lowest BCUT2D eigenvalue weighted by atomic mass is 9.98. The van der Waals surface area contributed by atoms with Gasteiger partial charge in [0.1, 0.15) is 0 Å². The molecule has 1 N–H and O–H groups in total. The molecule has 1 atom stereocenters. The maximum Gasteiger partial charge on any atom is 0.256 e. The Balaban J connectivity index is 2.12. The van der Waals surface area contributed by atoms with E-state index in [0.717, 1.165) is 19.0 Å². The quantitative estimate of drug-likeness (QED) is 0.838. The molecule has 2 heterocycles. The second-order valence-electron chi connectivity index (χ2n) is 4.30. The number of halogens is 1. The van der Waals surface area contributed by atoms with E-state index in [1.54, 1.807) is 4.90 Å². The van der Waals surface area contributed by atoms with Crippen molar-refractivity contribution in [2.45, 2.75) is 12.8 Å². The molecule has 0 radical (unpaired) electrons. The average molecular weight is 238 g/mol. The van der Waals surface area contributed by atoms with Crippen LogP contribution < -0.4 is 0 Å². The molecule has 1 fully saturated rings. The molecule has 1 amide bonds. The number of aliphatic hydroxyl groups is 1. The maximum absolute atomic E-state index is 13.4. The summed E-state index contributed by atoms with van der Waals surface area (Å²) in [5, 5.41) is 9.09. The van der Waals surface area contributed by atoms with E-state index in [4.69, 9.17) is 5.11 Å². The van der Waals surface area contributed by atoms with Crippen LogP contribution in [0.15, 0.2) is 18.5 Å². The molecule has 1 aliphatic heterocycles. The lowest BCUT2D eigenvalue weighted by Crippen LogP contribution is -2.41. The largest absolute Gasteiger partial charge is 0.396 e. The number of aliphatic hydroxyl groups excluding tert-OH is 1. The molecule has 1 aromatic rings. The molecule has 0 aliphatic carbocycles. The van der Waals surface area contributed by atoms with Crippen LogP contribution in [0.4, 0.5) is 4.39 Å². The highest BCUT2D eigenvalue weighted by Crippen LogP contribution is 2.18. The zero-order valence-electron chi connectivity index (χ0n) is 9.47. The van der Waals surface area contributed by atoms with Crippen LogP contribution >= 0.6 is 0 Å².